The SMILES string of the molecule is C[C@H](SCC(=O)Nc1ccc(F)cc1)C(=O)N1C[C@H](C)c2ccccc21. The quantitative estimate of drug-likeness (QED) is 0.862. The van der Waals surface area contributed by atoms with Gasteiger partial charge in [-0.05, 0) is 42.8 Å². The summed E-state index contributed by atoms with van der Waals surface area (Å²) in [6.45, 7) is 4.61. The molecule has 0 spiro atoms. The van der Waals surface area contributed by atoms with Crippen LogP contribution in [0.1, 0.15) is 25.3 Å². The normalized spacial score (nSPS) is 16.9. The average Bonchev–Trinajstić information content (AvgIpc) is 2.98. The second-order valence-electron chi connectivity index (χ2n) is 6.42. The van der Waals surface area contributed by atoms with Crippen molar-refractivity contribution in [1.82, 2.24) is 0 Å². The van der Waals surface area contributed by atoms with Crippen LogP contribution in [0.3, 0.4) is 0 Å². The number of rotatable bonds is 5. The number of carbonyl (C=O) groups is 2. The number of thioether (sulfide) groups is 1. The highest BCUT2D eigenvalue weighted by Gasteiger charge is 2.32. The molecule has 0 unspecified atom stereocenters. The summed E-state index contributed by atoms with van der Waals surface area (Å²) in [6, 6.07) is 13.6. The molecule has 1 N–H and O–H groups in total. The van der Waals surface area contributed by atoms with Crippen molar-refractivity contribution < 1.29 is 14.0 Å². The smallest absolute Gasteiger partial charge is 0.239 e. The lowest BCUT2D eigenvalue weighted by Crippen LogP contribution is -2.36. The number of fused-ring (bicyclic) bond motifs is 1. The molecular weight excluding hydrogens is 351 g/mol. The molecule has 26 heavy (non-hydrogen) atoms. The van der Waals surface area contributed by atoms with Crippen molar-refractivity contribution in [2.24, 2.45) is 0 Å². The van der Waals surface area contributed by atoms with Crippen LogP contribution in [0, 0.1) is 5.82 Å². The van der Waals surface area contributed by atoms with Crippen LogP contribution in [0.25, 0.3) is 0 Å². The van der Waals surface area contributed by atoms with Gasteiger partial charge in [0.15, 0.2) is 0 Å². The Labute approximate surface area is 156 Å². The van der Waals surface area contributed by atoms with Crippen molar-refractivity contribution in [1.29, 1.82) is 0 Å². The molecule has 2 amide bonds. The summed E-state index contributed by atoms with van der Waals surface area (Å²) in [7, 11) is 0. The summed E-state index contributed by atoms with van der Waals surface area (Å²) in [5.41, 5.74) is 2.69. The summed E-state index contributed by atoms with van der Waals surface area (Å²) in [5.74, 6) is -0.0707. The Morgan fingerprint density at radius 1 is 1.23 bits per heavy atom. The lowest BCUT2D eigenvalue weighted by molar-refractivity contribution is -0.117. The fourth-order valence-corrected chi connectivity index (χ4v) is 3.79. The Morgan fingerprint density at radius 2 is 1.92 bits per heavy atom. The van der Waals surface area contributed by atoms with Crippen LogP contribution in [-0.2, 0) is 9.59 Å². The molecule has 3 rings (SSSR count). The van der Waals surface area contributed by atoms with E-state index in [1.54, 1.807) is 0 Å². The minimum Gasteiger partial charge on any atom is -0.325 e. The van der Waals surface area contributed by atoms with E-state index in [0.29, 0.717) is 18.2 Å². The predicted octanol–water partition coefficient (Wildman–Crippen LogP) is 4.04. The molecule has 1 aliphatic rings. The molecule has 4 nitrogen and oxygen atoms in total. The Bertz CT molecular complexity index is 810. The number of hydrogen-bond acceptors (Lipinski definition) is 3. The summed E-state index contributed by atoms with van der Waals surface area (Å²) < 4.78 is 12.9. The van der Waals surface area contributed by atoms with Crippen molar-refractivity contribution >= 4 is 35.0 Å². The molecule has 0 bridgehead atoms. The molecule has 1 heterocycles. The summed E-state index contributed by atoms with van der Waals surface area (Å²) >= 11 is 1.30. The van der Waals surface area contributed by atoms with Crippen molar-refractivity contribution in [2.45, 2.75) is 25.0 Å². The maximum atomic E-state index is 12.9. The van der Waals surface area contributed by atoms with E-state index in [0.717, 1.165) is 5.69 Å². The molecule has 136 valence electrons. The summed E-state index contributed by atoms with van der Waals surface area (Å²) in [6.07, 6.45) is 0. The van der Waals surface area contributed by atoms with Crippen molar-refractivity contribution in [3.8, 4) is 0 Å². The van der Waals surface area contributed by atoms with Crippen molar-refractivity contribution in [3.63, 3.8) is 0 Å². The van der Waals surface area contributed by atoms with Gasteiger partial charge in [-0.25, -0.2) is 4.39 Å². The fraction of sp³-hybridized carbons (Fsp3) is 0.300. The van der Waals surface area contributed by atoms with Gasteiger partial charge in [0.1, 0.15) is 5.82 Å². The first-order chi connectivity index (χ1) is 12.5. The summed E-state index contributed by atoms with van der Waals surface area (Å²) in [5, 5.41) is 2.38. The lowest BCUT2D eigenvalue weighted by atomic mass is 10.0. The number of anilines is 2. The second-order valence-corrected chi connectivity index (χ2v) is 7.75. The van der Waals surface area contributed by atoms with E-state index in [4.69, 9.17) is 0 Å². The number of hydrogen-bond donors (Lipinski definition) is 1. The lowest BCUT2D eigenvalue weighted by Gasteiger charge is -2.21. The number of halogens is 1. The first-order valence-corrected chi connectivity index (χ1v) is 9.58. The number of amides is 2. The largest absolute Gasteiger partial charge is 0.325 e. The molecule has 0 aliphatic carbocycles. The average molecular weight is 372 g/mol. The van der Waals surface area contributed by atoms with E-state index >= 15 is 0 Å². The van der Waals surface area contributed by atoms with Gasteiger partial charge in [0.2, 0.25) is 11.8 Å². The Hall–Kier alpha value is -2.34. The zero-order valence-electron chi connectivity index (χ0n) is 14.7. The third kappa shape index (κ3) is 4.07. The van der Waals surface area contributed by atoms with Crippen molar-refractivity contribution in [2.75, 3.05) is 22.5 Å². The molecule has 6 heteroatoms. The van der Waals surface area contributed by atoms with Crippen LogP contribution < -0.4 is 10.2 Å². The van der Waals surface area contributed by atoms with Crippen molar-refractivity contribution in [3.05, 3.63) is 59.9 Å². The van der Waals surface area contributed by atoms with Gasteiger partial charge in [-0.1, -0.05) is 25.1 Å². The molecule has 0 saturated carbocycles. The van der Waals surface area contributed by atoms with Gasteiger partial charge in [-0.15, -0.1) is 11.8 Å². The summed E-state index contributed by atoms with van der Waals surface area (Å²) in [4.78, 5) is 26.7. The third-order valence-electron chi connectivity index (χ3n) is 4.42. The van der Waals surface area contributed by atoms with Crippen LogP contribution in [0.5, 0.6) is 0 Å². The minimum atomic E-state index is -0.350. The third-order valence-corrected chi connectivity index (χ3v) is 5.55. The first-order valence-electron chi connectivity index (χ1n) is 8.53. The van der Waals surface area contributed by atoms with Gasteiger partial charge in [0, 0.05) is 23.8 Å². The first kappa shape index (κ1) is 18.5. The van der Waals surface area contributed by atoms with E-state index < -0.39 is 0 Å². The van der Waals surface area contributed by atoms with Crippen LogP contribution in [0.4, 0.5) is 15.8 Å². The van der Waals surface area contributed by atoms with Crippen LogP contribution in [-0.4, -0.2) is 29.4 Å². The minimum absolute atomic E-state index is 0.0152. The number of benzene rings is 2. The van der Waals surface area contributed by atoms with Crippen LogP contribution in [0.2, 0.25) is 0 Å². The number of nitrogens with zero attached hydrogens (tertiary/aromatic N) is 1. The Kier molecular flexibility index (Phi) is 5.61. The Morgan fingerprint density at radius 3 is 2.65 bits per heavy atom. The Balaban J connectivity index is 1.55. The molecule has 1 aliphatic heterocycles. The standard InChI is InChI=1S/C20H21FN2O2S/c1-13-11-23(18-6-4-3-5-17(13)18)20(25)14(2)26-12-19(24)22-16-9-7-15(21)8-10-16/h3-10,13-14H,11-12H2,1-2H3,(H,22,24)/t13-,14-/m0/s1. The van der Waals surface area contributed by atoms with Gasteiger partial charge in [0.05, 0.1) is 11.0 Å². The molecule has 2 atom stereocenters. The fourth-order valence-electron chi connectivity index (χ4n) is 3.05. The topological polar surface area (TPSA) is 49.4 Å². The van der Waals surface area contributed by atoms with Crippen LogP contribution >= 0.6 is 11.8 Å². The number of carbonyl (C=O) groups excluding carboxylic acids is 2. The molecule has 0 aromatic heterocycles. The van der Waals surface area contributed by atoms with E-state index in [2.05, 4.69) is 18.3 Å². The molecule has 2 aromatic rings. The van der Waals surface area contributed by atoms with Gasteiger partial charge in [-0.2, -0.15) is 0 Å². The highest BCUT2D eigenvalue weighted by atomic mass is 32.2. The maximum Gasteiger partial charge on any atom is 0.239 e. The molecular formula is C20H21FN2O2S. The molecule has 2 aromatic carbocycles. The molecule has 0 radical (unpaired) electrons. The number of nitrogens with one attached hydrogen (secondary N) is 1. The zero-order valence-corrected chi connectivity index (χ0v) is 15.6. The molecule has 0 saturated heterocycles. The van der Waals surface area contributed by atoms with E-state index in [1.807, 2.05) is 30.0 Å². The van der Waals surface area contributed by atoms with Gasteiger partial charge in [0.25, 0.3) is 0 Å². The van der Waals surface area contributed by atoms with Gasteiger partial charge in [-0.3, -0.25) is 9.59 Å². The van der Waals surface area contributed by atoms with Gasteiger partial charge < -0.3 is 10.2 Å². The van der Waals surface area contributed by atoms with Gasteiger partial charge >= 0.3 is 0 Å². The van der Waals surface area contributed by atoms with E-state index in [1.165, 1.54) is 41.6 Å². The maximum absolute atomic E-state index is 12.9. The second kappa shape index (κ2) is 7.91. The molecule has 0 fully saturated rings. The monoisotopic (exact) mass is 372 g/mol. The van der Waals surface area contributed by atoms with E-state index in [9.17, 15) is 14.0 Å². The zero-order chi connectivity index (χ0) is 18.7. The highest BCUT2D eigenvalue weighted by Crippen LogP contribution is 2.36. The number of para-hydroxylation sites is 1. The van der Waals surface area contributed by atoms with Crippen LogP contribution in [0.15, 0.2) is 48.5 Å². The van der Waals surface area contributed by atoms with E-state index in [-0.39, 0.29) is 28.6 Å². The highest BCUT2D eigenvalue weighted by molar-refractivity contribution is 8.01. The predicted molar refractivity (Wildman–Crippen MR) is 104 cm³/mol.